The summed E-state index contributed by atoms with van der Waals surface area (Å²) in [6, 6.07) is 2.60. The Morgan fingerprint density at radius 1 is 1.32 bits per heavy atom. The van der Waals surface area contributed by atoms with Gasteiger partial charge < -0.3 is 4.90 Å². The lowest BCUT2D eigenvalue weighted by Gasteiger charge is -2.05. The molecule has 2 rings (SSSR count). The number of rotatable bonds is 4. The van der Waals surface area contributed by atoms with E-state index in [-0.39, 0.29) is 15.8 Å². The average molecular weight is 366 g/mol. The van der Waals surface area contributed by atoms with E-state index in [4.69, 9.17) is 0 Å². The third-order valence-electron chi connectivity index (χ3n) is 2.26. The fourth-order valence-corrected chi connectivity index (χ4v) is 3.42. The molecular weight excluding hydrogens is 356 g/mol. The minimum Gasteiger partial charge on any atom is -0.353 e. The van der Waals surface area contributed by atoms with E-state index >= 15 is 0 Å². The van der Waals surface area contributed by atoms with Crippen LogP contribution in [0.5, 0.6) is 0 Å². The van der Waals surface area contributed by atoms with E-state index in [1.807, 2.05) is 19.0 Å². The lowest BCUT2D eigenvalue weighted by Crippen LogP contribution is -2.07. The van der Waals surface area contributed by atoms with Crippen LogP contribution in [-0.2, 0) is 5.75 Å². The number of benzene rings is 1. The highest BCUT2D eigenvalue weighted by Crippen LogP contribution is 2.32. The summed E-state index contributed by atoms with van der Waals surface area (Å²) in [7, 11) is 3.73. The van der Waals surface area contributed by atoms with Gasteiger partial charge in [-0.2, -0.15) is 0 Å². The number of aromatic nitrogens is 2. The molecule has 0 N–H and O–H groups in total. The van der Waals surface area contributed by atoms with Crippen LogP contribution >= 0.6 is 39.0 Å². The Hall–Kier alpha value is -0.730. The highest BCUT2D eigenvalue weighted by atomic mass is 79.9. The van der Waals surface area contributed by atoms with Gasteiger partial charge in [0.1, 0.15) is 11.6 Å². The van der Waals surface area contributed by atoms with Crippen molar-refractivity contribution in [3.63, 3.8) is 0 Å². The second-order valence-electron chi connectivity index (χ2n) is 3.86. The zero-order chi connectivity index (χ0) is 14.0. The quantitative estimate of drug-likeness (QED) is 0.606. The van der Waals surface area contributed by atoms with E-state index in [2.05, 4.69) is 26.1 Å². The molecule has 0 spiro atoms. The van der Waals surface area contributed by atoms with Crippen LogP contribution in [0.3, 0.4) is 0 Å². The molecule has 1 aromatic carbocycles. The van der Waals surface area contributed by atoms with Gasteiger partial charge in [-0.15, -0.1) is 10.2 Å². The van der Waals surface area contributed by atoms with Crippen LogP contribution in [-0.4, -0.2) is 24.3 Å². The SMILES string of the molecule is CN(C)c1nnc(SCc2c(F)ccc(Br)c2F)s1. The van der Waals surface area contributed by atoms with Gasteiger partial charge in [0.2, 0.25) is 5.13 Å². The van der Waals surface area contributed by atoms with Gasteiger partial charge in [0.05, 0.1) is 4.47 Å². The number of hydrogen-bond acceptors (Lipinski definition) is 5. The molecule has 1 heterocycles. The molecule has 0 aliphatic rings. The van der Waals surface area contributed by atoms with Crippen LogP contribution in [0.2, 0.25) is 0 Å². The fourth-order valence-electron chi connectivity index (χ4n) is 1.28. The second-order valence-corrected chi connectivity index (χ2v) is 6.89. The molecule has 0 atom stereocenters. The van der Waals surface area contributed by atoms with Crippen LogP contribution < -0.4 is 4.90 Å². The smallest absolute Gasteiger partial charge is 0.208 e. The summed E-state index contributed by atoms with van der Waals surface area (Å²) in [6.45, 7) is 0. The summed E-state index contributed by atoms with van der Waals surface area (Å²) in [5, 5.41) is 8.70. The summed E-state index contributed by atoms with van der Waals surface area (Å²) in [4.78, 5) is 1.84. The van der Waals surface area contributed by atoms with Crippen LogP contribution in [0.1, 0.15) is 5.56 Å². The summed E-state index contributed by atoms with van der Waals surface area (Å²) in [5.74, 6) is -0.936. The van der Waals surface area contributed by atoms with Crippen molar-refractivity contribution >= 4 is 44.2 Å². The monoisotopic (exact) mass is 365 g/mol. The Balaban J connectivity index is 2.12. The molecule has 0 saturated carbocycles. The Labute approximate surface area is 126 Å². The molecule has 0 fully saturated rings. The van der Waals surface area contributed by atoms with Gasteiger partial charge in [-0.25, -0.2) is 8.78 Å². The minimum atomic E-state index is -0.565. The number of nitrogens with zero attached hydrogens (tertiary/aromatic N) is 3. The Bertz CT molecular complexity index is 589. The van der Waals surface area contributed by atoms with E-state index in [0.29, 0.717) is 4.34 Å². The van der Waals surface area contributed by atoms with E-state index in [1.165, 1.54) is 35.2 Å². The topological polar surface area (TPSA) is 29.0 Å². The molecule has 0 bridgehead atoms. The number of halogens is 3. The van der Waals surface area contributed by atoms with Gasteiger partial charge in [-0.05, 0) is 28.1 Å². The highest BCUT2D eigenvalue weighted by molar-refractivity contribution is 9.10. The molecule has 0 radical (unpaired) electrons. The van der Waals surface area contributed by atoms with Crippen LogP contribution in [0.25, 0.3) is 0 Å². The van der Waals surface area contributed by atoms with Crippen LogP contribution in [0.4, 0.5) is 13.9 Å². The van der Waals surface area contributed by atoms with Gasteiger partial charge in [0.15, 0.2) is 4.34 Å². The molecular formula is C11H10BrF2N3S2. The largest absolute Gasteiger partial charge is 0.353 e. The standard InChI is InChI=1S/C11H10BrF2N3S2/c1-17(2)10-15-16-11(19-10)18-5-6-8(13)4-3-7(12)9(6)14/h3-4H,5H2,1-2H3. The van der Waals surface area contributed by atoms with Crippen molar-refractivity contribution in [2.75, 3.05) is 19.0 Å². The van der Waals surface area contributed by atoms with Gasteiger partial charge in [-0.3, -0.25) is 0 Å². The van der Waals surface area contributed by atoms with Crippen molar-refractivity contribution in [2.24, 2.45) is 0 Å². The van der Waals surface area contributed by atoms with Crippen LogP contribution in [0.15, 0.2) is 20.9 Å². The summed E-state index contributed by atoms with van der Waals surface area (Å²) in [5.41, 5.74) is 0.0426. The maximum absolute atomic E-state index is 13.8. The maximum atomic E-state index is 13.8. The van der Waals surface area contributed by atoms with Crippen molar-refractivity contribution in [3.05, 3.63) is 33.8 Å². The predicted octanol–water partition coefficient (Wildman–Crippen LogP) is 3.94. The molecule has 1 aromatic heterocycles. The summed E-state index contributed by atoms with van der Waals surface area (Å²) >= 11 is 5.70. The van der Waals surface area contributed by atoms with Crippen molar-refractivity contribution in [3.8, 4) is 0 Å². The first kappa shape index (κ1) is 14.7. The maximum Gasteiger partial charge on any atom is 0.208 e. The molecule has 8 heteroatoms. The van der Waals surface area contributed by atoms with E-state index in [0.717, 1.165) is 5.13 Å². The molecule has 102 valence electrons. The average Bonchev–Trinajstić information content (AvgIpc) is 2.83. The summed E-state index contributed by atoms with van der Waals surface area (Å²) < 4.78 is 28.3. The number of hydrogen-bond donors (Lipinski definition) is 0. The van der Waals surface area contributed by atoms with Crippen molar-refractivity contribution in [1.82, 2.24) is 10.2 Å². The molecule has 0 saturated heterocycles. The molecule has 0 unspecified atom stereocenters. The Morgan fingerprint density at radius 3 is 2.68 bits per heavy atom. The first-order valence-electron chi connectivity index (χ1n) is 5.25. The molecule has 0 aliphatic carbocycles. The fraction of sp³-hybridized carbons (Fsp3) is 0.273. The zero-order valence-electron chi connectivity index (χ0n) is 10.2. The lowest BCUT2D eigenvalue weighted by molar-refractivity contribution is 0.562. The molecule has 2 aromatic rings. The zero-order valence-corrected chi connectivity index (χ0v) is 13.4. The lowest BCUT2D eigenvalue weighted by atomic mass is 10.2. The first-order valence-corrected chi connectivity index (χ1v) is 7.84. The van der Waals surface area contributed by atoms with Crippen molar-refractivity contribution < 1.29 is 8.78 Å². The minimum absolute atomic E-state index is 0.0426. The Morgan fingerprint density at radius 2 is 2.05 bits per heavy atom. The second kappa shape index (κ2) is 6.15. The molecule has 19 heavy (non-hydrogen) atoms. The van der Waals surface area contributed by atoms with Crippen LogP contribution in [0, 0.1) is 11.6 Å². The number of thioether (sulfide) groups is 1. The number of anilines is 1. The van der Waals surface area contributed by atoms with Gasteiger partial charge in [0, 0.05) is 25.4 Å². The van der Waals surface area contributed by atoms with Gasteiger partial charge in [0.25, 0.3) is 0 Å². The molecule has 0 amide bonds. The first-order chi connectivity index (χ1) is 8.99. The highest BCUT2D eigenvalue weighted by Gasteiger charge is 2.14. The van der Waals surface area contributed by atoms with E-state index < -0.39 is 11.6 Å². The molecule has 0 aliphatic heterocycles. The van der Waals surface area contributed by atoms with Gasteiger partial charge >= 0.3 is 0 Å². The van der Waals surface area contributed by atoms with Gasteiger partial charge in [-0.1, -0.05) is 23.1 Å². The van der Waals surface area contributed by atoms with E-state index in [9.17, 15) is 8.78 Å². The Kier molecular flexibility index (Phi) is 4.75. The third kappa shape index (κ3) is 3.43. The van der Waals surface area contributed by atoms with E-state index in [1.54, 1.807) is 0 Å². The van der Waals surface area contributed by atoms with Crippen molar-refractivity contribution in [2.45, 2.75) is 10.1 Å². The molecule has 3 nitrogen and oxygen atoms in total. The summed E-state index contributed by atoms with van der Waals surface area (Å²) in [6.07, 6.45) is 0. The predicted molar refractivity (Wildman–Crippen MR) is 77.9 cm³/mol. The third-order valence-corrected chi connectivity index (χ3v) is 5.12. The van der Waals surface area contributed by atoms with Crippen molar-refractivity contribution in [1.29, 1.82) is 0 Å². The normalized spacial score (nSPS) is 10.8.